The van der Waals surface area contributed by atoms with Crippen LogP contribution in [-0.4, -0.2) is 30.5 Å². The van der Waals surface area contributed by atoms with Crippen LogP contribution in [0.5, 0.6) is 11.5 Å². The van der Waals surface area contributed by atoms with E-state index < -0.39 is 12.1 Å². The molecule has 2 aromatic rings. The second kappa shape index (κ2) is 7.84. The minimum Gasteiger partial charge on any atom is -0.493 e. The predicted octanol–water partition coefficient (Wildman–Crippen LogP) is 4.26. The van der Waals surface area contributed by atoms with Crippen molar-refractivity contribution in [1.29, 1.82) is 0 Å². The van der Waals surface area contributed by atoms with Gasteiger partial charge in [0, 0.05) is 16.8 Å². The monoisotopic (exact) mass is 347 g/mol. The molecule has 2 aromatic carbocycles. The molecular formula is C18H18ClNO4. The lowest BCUT2D eigenvalue weighted by atomic mass is 10.2. The van der Waals surface area contributed by atoms with E-state index >= 15 is 0 Å². The smallest absolute Gasteiger partial charge is 0.344 e. The van der Waals surface area contributed by atoms with E-state index in [2.05, 4.69) is 4.99 Å². The van der Waals surface area contributed by atoms with Crippen molar-refractivity contribution in [2.45, 2.75) is 20.0 Å². The number of carboxylic acid groups (broad SMARTS) is 1. The average Bonchev–Trinajstić information content (AvgIpc) is 2.56. The number of aliphatic carboxylic acids is 1. The van der Waals surface area contributed by atoms with E-state index in [9.17, 15) is 4.79 Å². The molecule has 0 heterocycles. The first-order chi connectivity index (χ1) is 11.4. The minimum absolute atomic E-state index is 0.330. The van der Waals surface area contributed by atoms with Gasteiger partial charge in [-0.1, -0.05) is 23.7 Å². The van der Waals surface area contributed by atoms with Crippen LogP contribution in [0.15, 0.2) is 41.4 Å². The van der Waals surface area contributed by atoms with Crippen LogP contribution in [0.25, 0.3) is 0 Å². The lowest BCUT2D eigenvalue weighted by Crippen LogP contribution is -2.23. The highest BCUT2D eigenvalue weighted by Crippen LogP contribution is 2.31. The zero-order valence-electron chi connectivity index (χ0n) is 13.6. The number of carboxylic acids is 1. The van der Waals surface area contributed by atoms with E-state index in [4.69, 9.17) is 26.2 Å². The van der Waals surface area contributed by atoms with E-state index in [0.717, 1.165) is 5.56 Å². The number of halogens is 1. The molecule has 0 unspecified atom stereocenters. The summed E-state index contributed by atoms with van der Waals surface area (Å²) in [4.78, 5) is 15.4. The van der Waals surface area contributed by atoms with Crippen LogP contribution in [0.4, 0.5) is 5.69 Å². The molecular weight excluding hydrogens is 330 g/mol. The number of ether oxygens (including phenoxy) is 2. The summed E-state index contributed by atoms with van der Waals surface area (Å²) in [5.74, 6) is -0.292. The summed E-state index contributed by atoms with van der Waals surface area (Å²) in [6.45, 7) is 3.37. The van der Waals surface area contributed by atoms with Crippen molar-refractivity contribution >= 4 is 29.5 Å². The summed E-state index contributed by atoms with van der Waals surface area (Å²) >= 11 is 6.09. The van der Waals surface area contributed by atoms with Crippen molar-refractivity contribution in [2.75, 3.05) is 7.11 Å². The molecule has 24 heavy (non-hydrogen) atoms. The molecule has 2 rings (SSSR count). The third kappa shape index (κ3) is 4.26. The average molecular weight is 348 g/mol. The Morgan fingerprint density at radius 2 is 2.08 bits per heavy atom. The molecule has 126 valence electrons. The molecule has 0 saturated heterocycles. The standard InChI is InChI=1S/C18H18ClNO4/c1-11-7-8-14(9-15(11)19)20-10-13-5-4-6-16(23-3)17(13)24-12(2)18(21)22/h4-10,12H,1-3H3,(H,21,22)/t12-/m1/s1. The van der Waals surface area contributed by atoms with Gasteiger partial charge in [-0.05, 0) is 43.7 Å². The van der Waals surface area contributed by atoms with Gasteiger partial charge >= 0.3 is 5.97 Å². The zero-order valence-corrected chi connectivity index (χ0v) is 14.4. The largest absolute Gasteiger partial charge is 0.493 e. The number of benzene rings is 2. The fourth-order valence-corrected chi connectivity index (χ4v) is 2.13. The molecule has 5 nitrogen and oxygen atoms in total. The van der Waals surface area contributed by atoms with Gasteiger partial charge in [0.15, 0.2) is 17.6 Å². The molecule has 0 aliphatic rings. The van der Waals surface area contributed by atoms with Gasteiger partial charge in [-0.25, -0.2) is 4.79 Å². The van der Waals surface area contributed by atoms with Crippen LogP contribution < -0.4 is 9.47 Å². The third-order valence-electron chi connectivity index (χ3n) is 3.38. The number of aliphatic imine (C=N–C) groups is 1. The molecule has 0 aliphatic heterocycles. The molecule has 0 bridgehead atoms. The Labute approximate surface area is 145 Å². The van der Waals surface area contributed by atoms with E-state index in [1.54, 1.807) is 30.5 Å². The Hall–Kier alpha value is -2.53. The number of nitrogens with zero attached hydrogens (tertiary/aromatic N) is 1. The first-order valence-electron chi connectivity index (χ1n) is 7.29. The van der Waals surface area contributed by atoms with Gasteiger partial charge in [0.25, 0.3) is 0 Å². The summed E-state index contributed by atoms with van der Waals surface area (Å²) in [6.07, 6.45) is 0.579. The number of methoxy groups -OCH3 is 1. The van der Waals surface area contributed by atoms with Crippen molar-refractivity contribution in [1.82, 2.24) is 0 Å². The Balaban J connectivity index is 2.36. The molecule has 0 aromatic heterocycles. The highest BCUT2D eigenvalue weighted by atomic mass is 35.5. The van der Waals surface area contributed by atoms with Crippen molar-refractivity contribution in [3.63, 3.8) is 0 Å². The SMILES string of the molecule is COc1cccc(C=Nc2ccc(C)c(Cl)c2)c1O[C@H](C)C(=O)O. The number of hydrogen-bond acceptors (Lipinski definition) is 4. The van der Waals surface area contributed by atoms with Gasteiger partial charge in [0.05, 0.1) is 12.8 Å². The summed E-state index contributed by atoms with van der Waals surface area (Å²) in [5.41, 5.74) is 2.26. The van der Waals surface area contributed by atoms with E-state index in [-0.39, 0.29) is 0 Å². The number of carbonyl (C=O) groups is 1. The molecule has 0 aliphatic carbocycles. The molecule has 0 saturated carbocycles. The lowest BCUT2D eigenvalue weighted by molar-refractivity contribution is -0.144. The molecule has 1 atom stereocenters. The summed E-state index contributed by atoms with van der Waals surface area (Å²) in [6, 6.07) is 10.7. The maximum Gasteiger partial charge on any atom is 0.344 e. The predicted molar refractivity (Wildman–Crippen MR) is 94.2 cm³/mol. The van der Waals surface area contributed by atoms with Crippen LogP contribution in [0.1, 0.15) is 18.1 Å². The second-order valence-electron chi connectivity index (χ2n) is 5.17. The molecule has 6 heteroatoms. The summed E-state index contributed by atoms with van der Waals surface area (Å²) in [5, 5.41) is 9.68. The van der Waals surface area contributed by atoms with Crippen LogP contribution >= 0.6 is 11.6 Å². The topological polar surface area (TPSA) is 68.1 Å². The van der Waals surface area contributed by atoms with Crippen molar-refractivity contribution in [3.8, 4) is 11.5 Å². The maximum absolute atomic E-state index is 11.0. The fraction of sp³-hybridized carbons (Fsp3) is 0.222. The van der Waals surface area contributed by atoms with E-state index in [1.807, 2.05) is 19.1 Å². The Bertz CT molecular complexity index is 774. The van der Waals surface area contributed by atoms with E-state index in [0.29, 0.717) is 27.8 Å². The maximum atomic E-state index is 11.0. The number of para-hydroxylation sites is 1. The van der Waals surface area contributed by atoms with E-state index in [1.165, 1.54) is 14.0 Å². The Kier molecular flexibility index (Phi) is 5.82. The van der Waals surface area contributed by atoms with Crippen LogP contribution in [0, 0.1) is 6.92 Å². The van der Waals surface area contributed by atoms with Crippen molar-refractivity contribution in [3.05, 3.63) is 52.5 Å². The van der Waals surface area contributed by atoms with Gasteiger partial charge in [-0.3, -0.25) is 4.99 Å². The van der Waals surface area contributed by atoms with Crippen LogP contribution in [-0.2, 0) is 4.79 Å². The van der Waals surface area contributed by atoms with Gasteiger partial charge in [-0.15, -0.1) is 0 Å². The molecule has 1 N–H and O–H groups in total. The van der Waals surface area contributed by atoms with Crippen LogP contribution in [0.2, 0.25) is 5.02 Å². The second-order valence-corrected chi connectivity index (χ2v) is 5.58. The first-order valence-corrected chi connectivity index (χ1v) is 7.67. The molecule has 0 fully saturated rings. The van der Waals surface area contributed by atoms with Gasteiger partial charge in [-0.2, -0.15) is 0 Å². The number of aryl methyl sites for hydroxylation is 1. The molecule has 0 radical (unpaired) electrons. The number of rotatable bonds is 6. The van der Waals surface area contributed by atoms with Gasteiger partial charge in [0.1, 0.15) is 0 Å². The summed E-state index contributed by atoms with van der Waals surface area (Å²) in [7, 11) is 1.49. The molecule has 0 amide bonds. The highest BCUT2D eigenvalue weighted by Gasteiger charge is 2.17. The summed E-state index contributed by atoms with van der Waals surface area (Å²) < 4.78 is 10.8. The minimum atomic E-state index is -1.06. The molecule has 0 spiro atoms. The van der Waals surface area contributed by atoms with Gasteiger partial charge in [0.2, 0.25) is 0 Å². The normalized spacial score (nSPS) is 12.2. The first kappa shape index (κ1) is 17.8. The van der Waals surface area contributed by atoms with Crippen molar-refractivity contribution < 1.29 is 19.4 Å². The quantitative estimate of drug-likeness (QED) is 0.793. The number of hydrogen-bond donors (Lipinski definition) is 1. The van der Waals surface area contributed by atoms with Crippen LogP contribution in [0.3, 0.4) is 0 Å². The Morgan fingerprint density at radius 3 is 2.71 bits per heavy atom. The lowest BCUT2D eigenvalue weighted by Gasteiger charge is -2.15. The Morgan fingerprint density at radius 1 is 1.33 bits per heavy atom. The zero-order chi connectivity index (χ0) is 17.7. The fourth-order valence-electron chi connectivity index (χ4n) is 1.95. The third-order valence-corrected chi connectivity index (χ3v) is 3.79. The highest BCUT2D eigenvalue weighted by molar-refractivity contribution is 6.31. The van der Waals surface area contributed by atoms with Crippen molar-refractivity contribution in [2.24, 2.45) is 4.99 Å². The van der Waals surface area contributed by atoms with Gasteiger partial charge < -0.3 is 14.6 Å².